The van der Waals surface area contributed by atoms with E-state index in [1.807, 2.05) is 18.2 Å². The standard InChI is InChI=1S/C18H19ClN6O2.C2HF3O2/c1-22-15-14(16(26)23(2)18(22)27)25(13-6-4-3-5-12(13)19)17(21-15)24-9-10-7-11(24)8-20-10;3-2(4,5)1(6)7/h3-6,10-11,20H,7-9H2,1-2H3;(H,6,7)/t10-,11-;/m0./s1. The van der Waals surface area contributed by atoms with E-state index in [4.69, 9.17) is 26.5 Å². The Bertz CT molecular complexity index is 1400. The molecule has 5 rings (SSSR count). The first-order valence-electron chi connectivity index (χ1n) is 10.1. The largest absolute Gasteiger partial charge is 0.490 e. The van der Waals surface area contributed by atoms with E-state index in [-0.39, 0.29) is 5.56 Å². The smallest absolute Gasteiger partial charge is 0.475 e. The number of fused-ring (bicyclic) bond motifs is 3. The summed E-state index contributed by atoms with van der Waals surface area (Å²) in [6.07, 6.45) is -4.04. The van der Waals surface area contributed by atoms with Gasteiger partial charge in [-0.2, -0.15) is 18.2 Å². The number of benzene rings is 1. The summed E-state index contributed by atoms with van der Waals surface area (Å²) in [5.41, 5.74) is 0.636. The number of nitrogens with one attached hydrogen (secondary N) is 1. The number of hydrogen-bond acceptors (Lipinski definition) is 6. The van der Waals surface area contributed by atoms with Crippen LogP contribution in [0.1, 0.15) is 6.42 Å². The molecule has 0 aliphatic carbocycles. The van der Waals surface area contributed by atoms with E-state index in [1.165, 1.54) is 11.6 Å². The lowest BCUT2D eigenvalue weighted by atomic mass is 10.2. The van der Waals surface area contributed by atoms with Crippen LogP contribution < -0.4 is 21.5 Å². The summed E-state index contributed by atoms with van der Waals surface area (Å²) >= 11 is 6.48. The Labute approximate surface area is 194 Å². The number of aliphatic carboxylic acids is 1. The lowest BCUT2D eigenvalue weighted by molar-refractivity contribution is -0.192. The highest BCUT2D eigenvalue weighted by atomic mass is 35.5. The topological polar surface area (TPSA) is 114 Å². The van der Waals surface area contributed by atoms with Gasteiger partial charge in [0.15, 0.2) is 11.2 Å². The van der Waals surface area contributed by atoms with Crippen molar-refractivity contribution < 1.29 is 23.1 Å². The van der Waals surface area contributed by atoms with Crippen molar-refractivity contribution in [1.82, 2.24) is 24.0 Å². The molecule has 34 heavy (non-hydrogen) atoms. The number of carboxylic acids is 1. The fourth-order valence-corrected chi connectivity index (χ4v) is 4.46. The number of anilines is 1. The van der Waals surface area contributed by atoms with E-state index >= 15 is 0 Å². The molecule has 0 amide bonds. The van der Waals surface area contributed by atoms with Gasteiger partial charge >= 0.3 is 17.8 Å². The summed E-state index contributed by atoms with van der Waals surface area (Å²) in [6.45, 7) is 1.69. The number of rotatable bonds is 2. The van der Waals surface area contributed by atoms with Gasteiger partial charge in [0.2, 0.25) is 5.95 Å². The molecule has 2 N–H and O–H groups in total. The number of halogens is 4. The van der Waals surface area contributed by atoms with Crippen molar-refractivity contribution in [3.8, 4) is 5.69 Å². The maximum absolute atomic E-state index is 13.0. The highest BCUT2D eigenvalue weighted by Gasteiger charge is 2.41. The number of alkyl halides is 3. The van der Waals surface area contributed by atoms with Gasteiger partial charge in [0.1, 0.15) is 0 Å². The Kier molecular flexibility index (Phi) is 5.94. The van der Waals surface area contributed by atoms with Crippen molar-refractivity contribution in [1.29, 1.82) is 0 Å². The zero-order chi connectivity index (χ0) is 24.9. The van der Waals surface area contributed by atoms with Crippen LogP contribution in [0.4, 0.5) is 19.1 Å². The van der Waals surface area contributed by atoms with Crippen molar-refractivity contribution in [3.05, 3.63) is 50.1 Å². The lowest BCUT2D eigenvalue weighted by Gasteiger charge is -2.29. The van der Waals surface area contributed by atoms with Crippen LogP contribution >= 0.6 is 11.6 Å². The number of aromatic nitrogens is 4. The molecule has 14 heteroatoms. The molecular weight excluding hydrogens is 481 g/mol. The molecule has 10 nitrogen and oxygen atoms in total. The van der Waals surface area contributed by atoms with E-state index in [0.29, 0.717) is 39.9 Å². The van der Waals surface area contributed by atoms with Crippen molar-refractivity contribution >= 4 is 34.7 Å². The fraction of sp³-hybridized carbons (Fsp3) is 0.400. The summed E-state index contributed by atoms with van der Waals surface area (Å²) < 4.78 is 36.1. The van der Waals surface area contributed by atoms with E-state index < -0.39 is 17.8 Å². The molecule has 0 radical (unpaired) electrons. The number of imidazole rings is 1. The number of carboxylic acid groups (broad SMARTS) is 1. The van der Waals surface area contributed by atoms with Gasteiger partial charge in [0.25, 0.3) is 5.56 Å². The fourth-order valence-electron chi connectivity index (χ4n) is 4.24. The number of carbonyl (C=O) groups is 1. The van der Waals surface area contributed by atoms with Gasteiger partial charge in [0, 0.05) is 39.3 Å². The van der Waals surface area contributed by atoms with Crippen LogP contribution in [0.2, 0.25) is 5.02 Å². The second kappa shape index (κ2) is 8.47. The van der Waals surface area contributed by atoms with Crippen LogP contribution in [-0.4, -0.2) is 61.1 Å². The SMILES string of the molecule is Cn1c(=O)c2c(nc(N3C[C@@H]4C[C@H]3CN4)n2-c2ccccc2Cl)n(C)c1=O.O=C(O)C(F)(F)F. The molecular formula is C20H20ClF3N6O4. The lowest BCUT2D eigenvalue weighted by Crippen LogP contribution is -2.44. The highest BCUT2D eigenvalue weighted by Crippen LogP contribution is 2.34. The van der Waals surface area contributed by atoms with Crippen LogP contribution in [0.25, 0.3) is 16.9 Å². The van der Waals surface area contributed by atoms with Crippen molar-refractivity contribution in [2.24, 2.45) is 14.1 Å². The molecule has 2 bridgehead atoms. The van der Waals surface area contributed by atoms with E-state index in [2.05, 4.69) is 10.2 Å². The normalized spacial score (nSPS) is 19.4. The van der Waals surface area contributed by atoms with Crippen LogP contribution in [0.5, 0.6) is 0 Å². The maximum atomic E-state index is 13.0. The molecule has 2 atom stereocenters. The molecule has 3 aromatic rings. The predicted molar refractivity (Wildman–Crippen MR) is 118 cm³/mol. The van der Waals surface area contributed by atoms with E-state index in [1.54, 1.807) is 17.7 Å². The van der Waals surface area contributed by atoms with Crippen LogP contribution in [0.3, 0.4) is 0 Å². The van der Waals surface area contributed by atoms with Gasteiger partial charge in [0.05, 0.1) is 10.7 Å². The molecule has 2 fully saturated rings. The van der Waals surface area contributed by atoms with Crippen LogP contribution in [0.15, 0.2) is 33.9 Å². The minimum Gasteiger partial charge on any atom is -0.475 e. The molecule has 2 aliphatic heterocycles. The van der Waals surface area contributed by atoms with Gasteiger partial charge in [-0.15, -0.1) is 0 Å². The van der Waals surface area contributed by atoms with Crippen molar-refractivity contribution in [2.75, 3.05) is 18.0 Å². The van der Waals surface area contributed by atoms with Gasteiger partial charge in [-0.05, 0) is 18.6 Å². The highest BCUT2D eigenvalue weighted by molar-refractivity contribution is 6.32. The molecule has 2 saturated heterocycles. The molecule has 1 aromatic carbocycles. The molecule has 2 aliphatic rings. The van der Waals surface area contributed by atoms with Gasteiger partial charge in [-0.3, -0.25) is 18.5 Å². The number of aryl methyl sites for hydroxylation is 1. The van der Waals surface area contributed by atoms with Gasteiger partial charge in [-0.1, -0.05) is 23.7 Å². The molecule has 0 spiro atoms. The first kappa shape index (κ1) is 23.8. The number of piperazine rings is 1. The van der Waals surface area contributed by atoms with Crippen LogP contribution in [0, 0.1) is 0 Å². The minimum atomic E-state index is -5.08. The second-order valence-corrected chi connectivity index (χ2v) is 8.43. The zero-order valence-corrected chi connectivity index (χ0v) is 18.8. The minimum absolute atomic E-state index is 0.314. The predicted octanol–water partition coefficient (Wildman–Crippen LogP) is 1.26. The van der Waals surface area contributed by atoms with Crippen LogP contribution in [-0.2, 0) is 18.9 Å². The Balaban J connectivity index is 0.000000344. The Morgan fingerprint density at radius 3 is 2.38 bits per heavy atom. The summed E-state index contributed by atoms with van der Waals surface area (Å²) in [7, 11) is 3.12. The van der Waals surface area contributed by atoms with E-state index in [9.17, 15) is 22.8 Å². The summed E-state index contributed by atoms with van der Waals surface area (Å²) in [4.78, 5) is 41.3. The van der Waals surface area contributed by atoms with Crippen molar-refractivity contribution in [2.45, 2.75) is 24.7 Å². The van der Waals surface area contributed by atoms with Gasteiger partial charge in [-0.25, -0.2) is 9.59 Å². The summed E-state index contributed by atoms with van der Waals surface area (Å²) in [6, 6.07) is 8.11. The molecule has 182 valence electrons. The van der Waals surface area contributed by atoms with E-state index in [0.717, 1.165) is 24.1 Å². The first-order valence-corrected chi connectivity index (χ1v) is 10.5. The molecule has 0 unspecified atom stereocenters. The van der Waals surface area contributed by atoms with Gasteiger partial charge < -0.3 is 15.3 Å². The first-order chi connectivity index (χ1) is 15.9. The number of nitrogens with zero attached hydrogens (tertiary/aromatic N) is 5. The third kappa shape index (κ3) is 3.94. The summed E-state index contributed by atoms with van der Waals surface area (Å²) in [5, 5.41) is 11.1. The Hall–Kier alpha value is -3.32. The Morgan fingerprint density at radius 2 is 1.85 bits per heavy atom. The third-order valence-electron chi connectivity index (χ3n) is 5.89. The number of para-hydroxylation sites is 1. The third-order valence-corrected chi connectivity index (χ3v) is 6.21. The molecule has 0 saturated carbocycles. The monoisotopic (exact) mass is 500 g/mol. The number of hydrogen-bond donors (Lipinski definition) is 2. The molecule has 2 aromatic heterocycles. The Morgan fingerprint density at radius 1 is 1.21 bits per heavy atom. The summed E-state index contributed by atoms with van der Waals surface area (Å²) in [5.74, 6) is -2.10. The maximum Gasteiger partial charge on any atom is 0.490 e. The average Bonchev–Trinajstić information content (AvgIpc) is 3.50. The second-order valence-electron chi connectivity index (χ2n) is 8.03. The van der Waals surface area contributed by atoms with Crippen molar-refractivity contribution in [3.63, 3.8) is 0 Å². The molecule has 4 heterocycles. The zero-order valence-electron chi connectivity index (χ0n) is 18.0. The quantitative estimate of drug-likeness (QED) is 0.544. The average molecular weight is 501 g/mol.